The molecule has 1 heterocycles. The molecule has 1 unspecified atom stereocenters. The van der Waals surface area contributed by atoms with Crippen LogP contribution in [0.4, 0.5) is 4.79 Å². The first-order valence-corrected chi connectivity index (χ1v) is 9.19. The van der Waals surface area contributed by atoms with Crippen LogP contribution >= 0.6 is 0 Å². The van der Waals surface area contributed by atoms with Crippen LogP contribution in [-0.2, 0) is 9.22 Å². The van der Waals surface area contributed by atoms with E-state index in [1.807, 2.05) is 0 Å². The van der Waals surface area contributed by atoms with Gasteiger partial charge in [-0.2, -0.15) is 0 Å². The van der Waals surface area contributed by atoms with Crippen LogP contribution in [0.25, 0.3) is 0 Å². The Labute approximate surface area is 110 Å². The second-order valence-electron chi connectivity index (χ2n) is 6.32. The van der Waals surface area contributed by atoms with Crippen molar-refractivity contribution in [2.24, 2.45) is 0 Å². The van der Waals surface area contributed by atoms with Crippen molar-refractivity contribution in [1.29, 1.82) is 0 Å². The number of hydrogen-bond acceptors (Lipinski definition) is 3. The summed E-state index contributed by atoms with van der Waals surface area (Å²) in [5, 5.41) is 2.46. The molecular formula is C12H24N2O3Si. The maximum absolute atomic E-state index is 11.5. The van der Waals surface area contributed by atoms with Crippen LogP contribution in [0.3, 0.4) is 0 Å². The first kappa shape index (κ1) is 15.2. The Hall–Kier alpha value is -0.883. The molecule has 0 saturated carbocycles. The van der Waals surface area contributed by atoms with Crippen molar-refractivity contribution in [3.05, 3.63) is 0 Å². The molecular weight excluding hydrogens is 248 g/mol. The Morgan fingerprint density at radius 1 is 1.33 bits per heavy atom. The highest BCUT2D eigenvalue weighted by Gasteiger charge is 2.39. The van der Waals surface area contributed by atoms with Crippen LogP contribution in [0.1, 0.15) is 27.2 Å². The molecule has 1 aliphatic heterocycles. The summed E-state index contributed by atoms with van der Waals surface area (Å²) in [5.41, 5.74) is 0. The van der Waals surface area contributed by atoms with E-state index in [1.54, 1.807) is 7.05 Å². The van der Waals surface area contributed by atoms with E-state index in [2.05, 4.69) is 39.2 Å². The normalized spacial score (nSPS) is 21.4. The molecule has 0 aliphatic carbocycles. The molecule has 1 atom stereocenters. The lowest BCUT2D eigenvalue weighted by Gasteiger charge is -2.36. The average Bonchev–Trinajstić information content (AvgIpc) is 2.42. The smallest absolute Gasteiger partial charge is 0.324 e. The van der Waals surface area contributed by atoms with E-state index in [9.17, 15) is 9.59 Å². The SMILES string of the molecule is CN1C(=O)NC(=O)C1CCO[Si](C)(C)C(C)(C)C. The number of nitrogens with zero attached hydrogens (tertiary/aromatic N) is 1. The molecule has 0 radical (unpaired) electrons. The van der Waals surface area contributed by atoms with Crippen LogP contribution < -0.4 is 5.32 Å². The number of imide groups is 1. The standard InChI is InChI=1S/C12H24N2O3Si/c1-12(2,3)18(5,6)17-8-7-9-10(15)13-11(16)14(9)4/h9H,7-8H2,1-6H3,(H,13,15,16). The highest BCUT2D eigenvalue weighted by Crippen LogP contribution is 2.36. The molecule has 1 aliphatic rings. The van der Waals surface area contributed by atoms with Crippen LogP contribution in [0.5, 0.6) is 0 Å². The minimum absolute atomic E-state index is 0.159. The second-order valence-corrected chi connectivity index (χ2v) is 11.1. The minimum atomic E-state index is -1.77. The number of carbonyl (C=O) groups excluding carboxylic acids is 2. The van der Waals surface area contributed by atoms with Gasteiger partial charge in [0.25, 0.3) is 5.91 Å². The summed E-state index contributed by atoms with van der Waals surface area (Å²) in [6, 6.07) is -0.709. The lowest BCUT2D eigenvalue weighted by atomic mass is 10.2. The molecule has 0 aromatic heterocycles. The van der Waals surface area contributed by atoms with Crippen LogP contribution in [-0.4, -0.2) is 44.9 Å². The van der Waals surface area contributed by atoms with E-state index in [-0.39, 0.29) is 23.0 Å². The Morgan fingerprint density at radius 3 is 2.28 bits per heavy atom. The molecule has 5 nitrogen and oxygen atoms in total. The summed E-state index contributed by atoms with van der Waals surface area (Å²) in [6.07, 6.45) is 0.556. The van der Waals surface area contributed by atoms with Crippen molar-refractivity contribution in [2.75, 3.05) is 13.7 Å². The predicted octanol–water partition coefficient (Wildman–Crippen LogP) is 1.95. The van der Waals surface area contributed by atoms with Gasteiger partial charge < -0.3 is 9.33 Å². The Balaban J connectivity index is 2.48. The van der Waals surface area contributed by atoms with Gasteiger partial charge in [0.1, 0.15) is 6.04 Å². The van der Waals surface area contributed by atoms with E-state index in [1.165, 1.54) is 4.90 Å². The fraction of sp³-hybridized carbons (Fsp3) is 0.833. The number of urea groups is 1. The summed E-state index contributed by atoms with van der Waals surface area (Å²) in [4.78, 5) is 24.2. The van der Waals surface area contributed by atoms with Gasteiger partial charge in [0, 0.05) is 13.7 Å². The van der Waals surface area contributed by atoms with Crippen LogP contribution in [0, 0.1) is 0 Å². The average molecular weight is 272 g/mol. The van der Waals surface area contributed by atoms with Gasteiger partial charge in [0.2, 0.25) is 0 Å². The Kier molecular flexibility index (Phi) is 4.22. The van der Waals surface area contributed by atoms with Crippen molar-refractivity contribution in [2.45, 2.75) is 51.4 Å². The molecule has 0 spiro atoms. The summed E-state index contributed by atoms with van der Waals surface area (Å²) in [6.45, 7) is 11.4. The fourth-order valence-corrected chi connectivity index (χ4v) is 2.62. The van der Waals surface area contributed by atoms with Gasteiger partial charge in [-0.15, -0.1) is 0 Å². The number of carbonyl (C=O) groups is 2. The van der Waals surface area contributed by atoms with Gasteiger partial charge in [-0.05, 0) is 24.6 Å². The zero-order valence-corrected chi connectivity index (χ0v) is 13.2. The molecule has 3 amide bonds. The summed E-state index contributed by atoms with van der Waals surface area (Å²) in [7, 11) is -0.137. The third-order valence-electron chi connectivity index (χ3n) is 3.98. The molecule has 104 valence electrons. The second kappa shape index (κ2) is 5.01. The van der Waals surface area contributed by atoms with E-state index >= 15 is 0 Å². The van der Waals surface area contributed by atoms with Gasteiger partial charge in [0.15, 0.2) is 8.32 Å². The number of amides is 3. The fourth-order valence-electron chi connectivity index (χ4n) is 1.56. The lowest BCUT2D eigenvalue weighted by molar-refractivity contribution is -0.121. The molecule has 0 aromatic carbocycles. The first-order valence-electron chi connectivity index (χ1n) is 6.28. The first-order chi connectivity index (χ1) is 8.06. The molecule has 0 aromatic rings. The third kappa shape index (κ3) is 3.11. The number of likely N-dealkylation sites (N-methyl/N-ethyl adjacent to an activating group) is 1. The van der Waals surface area contributed by atoms with Gasteiger partial charge in [-0.1, -0.05) is 20.8 Å². The van der Waals surface area contributed by atoms with Crippen LogP contribution in [0.15, 0.2) is 0 Å². The van der Waals surface area contributed by atoms with Gasteiger partial charge in [0.05, 0.1) is 0 Å². The summed E-state index contributed by atoms with van der Waals surface area (Å²) >= 11 is 0. The molecule has 0 bridgehead atoms. The maximum Gasteiger partial charge on any atom is 0.324 e. The molecule has 1 N–H and O–H groups in total. The van der Waals surface area contributed by atoms with E-state index < -0.39 is 8.32 Å². The Bertz CT molecular complexity index is 350. The van der Waals surface area contributed by atoms with E-state index in [4.69, 9.17) is 4.43 Å². The molecule has 1 saturated heterocycles. The zero-order valence-electron chi connectivity index (χ0n) is 12.2. The van der Waals surface area contributed by atoms with Gasteiger partial charge >= 0.3 is 6.03 Å². The monoisotopic (exact) mass is 272 g/mol. The molecule has 18 heavy (non-hydrogen) atoms. The summed E-state index contributed by atoms with van der Waals surface area (Å²) in [5.74, 6) is -0.221. The van der Waals surface area contributed by atoms with Crippen molar-refractivity contribution >= 4 is 20.3 Å². The number of nitrogens with one attached hydrogen (secondary N) is 1. The number of hydrogen-bond donors (Lipinski definition) is 1. The largest absolute Gasteiger partial charge is 0.417 e. The third-order valence-corrected chi connectivity index (χ3v) is 8.52. The predicted molar refractivity (Wildman–Crippen MR) is 72.9 cm³/mol. The molecule has 1 fully saturated rings. The van der Waals surface area contributed by atoms with Crippen molar-refractivity contribution in [1.82, 2.24) is 10.2 Å². The minimum Gasteiger partial charge on any atom is -0.417 e. The Morgan fingerprint density at radius 2 is 1.89 bits per heavy atom. The highest BCUT2D eigenvalue weighted by atomic mass is 28.4. The zero-order chi connectivity index (χ0) is 14.1. The van der Waals surface area contributed by atoms with Crippen LogP contribution in [0.2, 0.25) is 18.1 Å². The molecule has 6 heteroatoms. The molecule has 1 rings (SSSR count). The van der Waals surface area contributed by atoms with E-state index in [0.29, 0.717) is 13.0 Å². The van der Waals surface area contributed by atoms with Crippen molar-refractivity contribution in [3.63, 3.8) is 0 Å². The maximum atomic E-state index is 11.5. The van der Waals surface area contributed by atoms with Crippen molar-refractivity contribution < 1.29 is 14.0 Å². The van der Waals surface area contributed by atoms with Gasteiger partial charge in [-0.25, -0.2) is 4.79 Å². The summed E-state index contributed by atoms with van der Waals surface area (Å²) < 4.78 is 6.01. The highest BCUT2D eigenvalue weighted by molar-refractivity contribution is 6.74. The lowest BCUT2D eigenvalue weighted by Crippen LogP contribution is -2.42. The van der Waals surface area contributed by atoms with Crippen molar-refractivity contribution in [3.8, 4) is 0 Å². The van der Waals surface area contributed by atoms with E-state index in [0.717, 1.165) is 0 Å². The topological polar surface area (TPSA) is 58.6 Å². The van der Waals surface area contributed by atoms with Gasteiger partial charge in [-0.3, -0.25) is 10.1 Å². The quantitative estimate of drug-likeness (QED) is 0.628. The number of rotatable bonds is 4.